The number of amides is 1. The second-order valence-corrected chi connectivity index (χ2v) is 8.82. The molecular formula is C22H18ClFN6OS. The fourth-order valence-electron chi connectivity index (χ4n) is 3.70. The minimum absolute atomic E-state index is 0.0152. The minimum Gasteiger partial charge on any atom is -0.340 e. The lowest BCUT2D eigenvalue weighted by atomic mass is 10.0. The molecule has 5 rings (SSSR count). The smallest absolute Gasteiger partial charge is 0.246 e. The summed E-state index contributed by atoms with van der Waals surface area (Å²) >= 11 is 7.48. The van der Waals surface area contributed by atoms with Gasteiger partial charge in [-0.25, -0.2) is 19.3 Å². The zero-order valence-electron chi connectivity index (χ0n) is 16.8. The van der Waals surface area contributed by atoms with Gasteiger partial charge in [0, 0.05) is 42.1 Å². The number of nitrogens with zero attached hydrogens (tertiary/aromatic N) is 5. The molecule has 0 radical (unpaired) electrons. The number of hydrogen-bond donors (Lipinski definition) is 1. The summed E-state index contributed by atoms with van der Waals surface area (Å²) < 4.78 is 15.4. The van der Waals surface area contributed by atoms with E-state index < -0.39 is 5.82 Å². The molecule has 162 valence electrons. The van der Waals surface area contributed by atoms with E-state index in [0.717, 1.165) is 20.7 Å². The SMILES string of the molecule is O=C(C=CCn1ccnc1)N1CCc2c(sc3ncnc(Nc4ccc(F)c(Cl)c4)c23)C1. The van der Waals surface area contributed by atoms with Crippen molar-refractivity contribution in [3.63, 3.8) is 0 Å². The first kappa shape index (κ1) is 20.6. The van der Waals surface area contributed by atoms with Crippen LogP contribution >= 0.6 is 22.9 Å². The fourth-order valence-corrected chi connectivity index (χ4v) is 5.08. The maximum Gasteiger partial charge on any atom is 0.246 e. The zero-order valence-corrected chi connectivity index (χ0v) is 18.4. The molecule has 0 fully saturated rings. The number of benzene rings is 1. The van der Waals surface area contributed by atoms with Crippen molar-refractivity contribution in [1.29, 1.82) is 0 Å². The van der Waals surface area contributed by atoms with Gasteiger partial charge in [0.2, 0.25) is 5.91 Å². The van der Waals surface area contributed by atoms with Gasteiger partial charge in [0.05, 0.1) is 23.3 Å². The Morgan fingerprint density at radius 2 is 2.25 bits per heavy atom. The van der Waals surface area contributed by atoms with E-state index in [1.54, 1.807) is 36.0 Å². The molecule has 4 aromatic rings. The van der Waals surface area contributed by atoms with E-state index in [4.69, 9.17) is 11.6 Å². The predicted molar refractivity (Wildman–Crippen MR) is 123 cm³/mol. The van der Waals surface area contributed by atoms with E-state index in [2.05, 4.69) is 20.3 Å². The summed E-state index contributed by atoms with van der Waals surface area (Å²) in [6.07, 6.45) is 10.9. The van der Waals surface area contributed by atoms with Crippen molar-refractivity contribution in [3.8, 4) is 0 Å². The number of carbonyl (C=O) groups is 1. The second kappa shape index (κ2) is 8.68. The molecule has 0 bridgehead atoms. The summed E-state index contributed by atoms with van der Waals surface area (Å²) in [5, 5.41) is 4.22. The Morgan fingerprint density at radius 3 is 3.06 bits per heavy atom. The highest BCUT2D eigenvalue weighted by Crippen LogP contribution is 2.38. The number of allylic oxidation sites excluding steroid dienone is 1. The number of thiophene rings is 1. The van der Waals surface area contributed by atoms with Crippen molar-refractivity contribution in [2.24, 2.45) is 0 Å². The van der Waals surface area contributed by atoms with E-state index in [1.807, 2.05) is 21.7 Å². The first-order valence-electron chi connectivity index (χ1n) is 9.97. The maximum atomic E-state index is 13.5. The summed E-state index contributed by atoms with van der Waals surface area (Å²) in [5.41, 5.74) is 1.79. The molecule has 0 spiro atoms. The normalized spacial score (nSPS) is 13.6. The first-order valence-corrected chi connectivity index (χ1v) is 11.2. The Kier molecular flexibility index (Phi) is 5.59. The molecule has 10 heteroatoms. The Hall–Kier alpha value is -3.30. The lowest BCUT2D eigenvalue weighted by Gasteiger charge is -2.26. The summed E-state index contributed by atoms with van der Waals surface area (Å²) in [5.74, 6) is 0.163. The topological polar surface area (TPSA) is 75.9 Å². The molecule has 1 aliphatic heterocycles. The number of carbonyl (C=O) groups excluding carboxylic acids is 1. The van der Waals surface area contributed by atoms with Crippen LogP contribution in [0.15, 0.2) is 55.4 Å². The van der Waals surface area contributed by atoms with E-state index in [1.165, 1.54) is 18.5 Å². The van der Waals surface area contributed by atoms with Gasteiger partial charge in [-0.15, -0.1) is 11.3 Å². The Bertz CT molecular complexity index is 1320. The molecule has 1 amide bonds. The quantitative estimate of drug-likeness (QED) is 0.434. The molecular weight excluding hydrogens is 451 g/mol. The van der Waals surface area contributed by atoms with Gasteiger partial charge in [-0.05, 0) is 30.2 Å². The molecule has 0 saturated heterocycles. The van der Waals surface area contributed by atoms with Crippen molar-refractivity contribution in [3.05, 3.63) is 76.7 Å². The number of rotatable bonds is 5. The van der Waals surface area contributed by atoms with Crippen LogP contribution in [0.3, 0.4) is 0 Å². The monoisotopic (exact) mass is 468 g/mol. The third-order valence-electron chi connectivity index (χ3n) is 5.27. The van der Waals surface area contributed by atoms with Gasteiger partial charge in [0.25, 0.3) is 0 Å². The minimum atomic E-state index is -0.471. The Labute approximate surface area is 192 Å². The summed E-state index contributed by atoms with van der Waals surface area (Å²) in [7, 11) is 0. The van der Waals surface area contributed by atoms with E-state index in [9.17, 15) is 9.18 Å². The third kappa shape index (κ3) is 4.09. The lowest BCUT2D eigenvalue weighted by Crippen LogP contribution is -2.34. The summed E-state index contributed by atoms with van der Waals surface area (Å²) in [4.78, 5) is 29.3. The highest BCUT2D eigenvalue weighted by Gasteiger charge is 2.25. The number of aromatic nitrogens is 4. The average Bonchev–Trinajstić information content (AvgIpc) is 3.43. The van der Waals surface area contributed by atoms with Crippen LogP contribution in [0.25, 0.3) is 10.2 Å². The van der Waals surface area contributed by atoms with Crippen LogP contribution in [0, 0.1) is 5.82 Å². The molecule has 0 saturated carbocycles. The van der Waals surface area contributed by atoms with Crippen LogP contribution in [0.1, 0.15) is 10.4 Å². The largest absolute Gasteiger partial charge is 0.340 e. The third-order valence-corrected chi connectivity index (χ3v) is 6.68. The van der Waals surface area contributed by atoms with Gasteiger partial charge in [-0.1, -0.05) is 17.7 Å². The van der Waals surface area contributed by atoms with E-state index in [0.29, 0.717) is 37.6 Å². The van der Waals surface area contributed by atoms with Crippen molar-refractivity contribution < 1.29 is 9.18 Å². The Balaban J connectivity index is 1.36. The summed E-state index contributed by atoms with van der Waals surface area (Å²) in [6.45, 7) is 1.75. The number of hydrogen-bond acceptors (Lipinski definition) is 6. The number of nitrogens with one attached hydrogen (secondary N) is 1. The van der Waals surface area contributed by atoms with Crippen LogP contribution in [0.4, 0.5) is 15.9 Å². The number of fused-ring (bicyclic) bond motifs is 3. The molecule has 0 unspecified atom stereocenters. The van der Waals surface area contributed by atoms with E-state index >= 15 is 0 Å². The van der Waals surface area contributed by atoms with Crippen LogP contribution in [0.2, 0.25) is 5.02 Å². The molecule has 32 heavy (non-hydrogen) atoms. The summed E-state index contributed by atoms with van der Waals surface area (Å²) in [6, 6.07) is 4.46. The molecule has 3 aromatic heterocycles. The second-order valence-electron chi connectivity index (χ2n) is 7.33. The van der Waals surface area contributed by atoms with Gasteiger partial charge in [-0.3, -0.25) is 4.79 Å². The zero-order chi connectivity index (χ0) is 22.1. The van der Waals surface area contributed by atoms with Gasteiger partial charge in [-0.2, -0.15) is 0 Å². The van der Waals surface area contributed by atoms with Gasteiger partial charge in [0.15, 0.2) is 0 Å². The number of imidazole rings is 1. The van der Waals surface area contributed by atoms with Crippen LogP contribution in [0.5, 0.6) is 0 Å². The number of halogens is 2. The molecule has 0 atom stereocenters. The average molecular weight is 469 g/mol. The van der Waals surface area contributed by atoms with Gasteiger partial charge < -0.3 is 14.8 Å². The van der Waals surface area contributed by atoms with Crippen molar-refractivity contribution in [1.82, 2.24) is 24.4 Å². The molecule has 1 aromatic carbocycles. The predicted octanol–water partition coefficient (Wildman–Crippen LogP) is 4.57. The van der Waals surface area contributed by atoms with E-state index in [-0.39, 0.29) is 10.9 Å². The van der Waals surface area contributed by atoms with Crippen molar-refractivity contribution in [2.75, 3.05) is 11.9 Å². The van der Waals surface area contributed by atoms with Crippen LogP contribution in [-0.4, -0.2) is 36.9 Å². The van der Waals surface area contributed by atoms with Crippen LogP contribution < -0.4 is 5.32 Å². The Morgan fingerprint density at radius 1 is 1.34 bits per heavy atom. The van der Waals surface area contributed by atoms with Gasteiger partial charge >= 0.3 is 0 Å². The van der Waals surface area contributed by atoms with Gasteiger partial charge in [0.1, 0.15) is 22.8 Å². The molecule has 1 N–H and O–H groups in total. The first-order chi connectivity index (χ1) is 15.6. The van der Waals surface area contributed by atoms with Crippen molar-refractivity contribution in [2.45, 2.75) is 19.5 Å². The van der Waals surface area contributed by atoms with Crippen LogP contribution in [-0.2, 0) is 24.3 Å². The highest BCUT2D eigenvalue weighted by atomic mass is 35.5. The maximum absolute atomic E-state index is 13.5. The van der Waals surface area contributed by atoms with Crippen molar-refractivity contribution >= 4 is 50.6 Å². The highest BCUT2D eigenvalue weighted by molar-refractivity contribution is 7.19. The standard InChI is InChI=1S/C22H18ClFN6OS/c23-16-10-14(3-4-17(16)24)28-21-20-15-5-8-30(11-18(15)32-22(20)27-12-26-21)19(31)2-1-7-29-9-6-25-13-29/h1-4,6,9-10,12-13H,5,7-8,11H2,(H,26,27,28). The molecule has 7 nitrogen and oxygen atoms in total. The number of anilines is 2. The lowest BCUT2D eigenvalue weighted by molar-refractivity contribution is -0.126. The molecule has 1 aliphatic rings. The fraction of sp³-hybridized carbons (Fsp3) is 0.182. The molecule has 4 heterocycles. The molecule has 0 aliphatic carbocycles.